The molecule has 0 N–H and O–H groups in total. The molecule has 0 bridgehead atoms. The summed E-state index contributed by atoms with van der Waals surface area (Å²) in [5, 5.41) is 4.94. The van der Waals surface area contributed by atoms with Crippen LogP contribution in [0.3, 0.4) is 0 Å². The van der Waals surface area contributed by atoms with Crippen molar-refractivity contribution >= 4 is 78.8 Å². The molecule has 2 aliphatic rings. The summed E-state index contributed by atoms with van der Waals surface area (Å²) >= 11 is 0. The molecule has 0 spiro atoms. The Kier molecular flexibility index (Phi) is 9.18. The zero-order valence-electron chi connectivity index (χ0n) is 39.1. The molecule has 2 aliphatic heterocycles. The predicted octanol–water partition coefficient (Wildman–Crippen LogP) is 13.7. The summed E-state index contributed by atoms with van der Waals surface area (Å²) < 4.78 is 0. The Hall–Kier alpha value is -6.20. The van der Waals surface area contributed by atoms with Crippen molar-refractivity contribution in [3.63, 3.8) is 0 Å². The predicted molar refractivity (Wildman–Crippen MR) is 271 cm³/mol. The molecule has 0 unspecified atom stereocenters. The first-order valence-corrected chi connectivity index (χ1v) is 22.7. The summed E-state index contributed by atoms with van der Waals surface area (Å²) in [6.45, 7) is 28.0. The topological polar surface area (TPSA) is 32.3 Å². The Morgan fingerprint density at radius 1 is 0.413 bits per heavy atom. The normalized spacial score (nSPS) is 13.9. The Morgan fingerprint density at radius 3 is 1.14 bits per heavy atom. The van der Waals surface area contributed by atoms with Crippen molar-refractivity contribution < 1.29 is 0 Å². The molecule has 4 nitrogen and oxygen atoms in total. The van der Waals surface area contributed by atoms with Gasteiger partial charge in [-0.1, -0.05) is 156 Å². The molecule has 5 heteroatoms. The molecular formula is C58H59BN4. The minimum absolute atomic E-state index is 0.0399. The lowest BCUT2D eigenvalue weighted by Gasteiger charge is -2.45. The second-order valence-corrected chi connectivity index (χ2v) is 22.2. The van der Waals surface area contributed by atoms with Crippen LogP contribution >= 0.6 is 0 Å². The van der Waals surface area contributed by atoms with E-state index >= 15 is 0 Å². The van der Waals surface area contributed by atoms with Crippen LogP contribution in [0.2, 0.25) is 0 Å². The Balaban J connectivity index is 1.40. The summed E-state index contributed by atoms with van der Waals surface area (Å²) in [6.07, 6.45) is 3.53. The van der Waals surface area contributed by atoms with Crippen molar-refractivity contribution in [1.82, 2.24) is 9.97 Å². The molecule has 7 aromatic carbocycles. The van der Waals surface area contributed by atoms with Crippen LogP contribution < -0.4 is 26.2 Å². The van der Waals surface area contributed by atoms with E-state index in [9.17, 15) is 0 Å². The van der Waals surface area contributed by atoms with Crippen LogP contribution in [0, 0.1) is 0 Å². The van der Waals surface area contributed by atoms with Crippen LogP contribution in [-0.4, -0.2) is 16.7 Å². The van der Waals surface area contributed by atoms with Crippen LogP contribution in [0.5, 0.6) is 0 Å². The fourth-order valence-electron chi connectivity index (χ4n) is 9.75. The van der Waals surface area contributed by atoms with Gasteiger partial charge in [0.25, 0.3) is 6.71 Å². The summed E-state index contributed by atoms with van der Waals surface area (Å²) in [5.74, 6) is 0. The minimum atomic E-state index is -0.0671. The van der Waals surface area contributed by atoms with Gasteiger partial charge in [-0.15, -0.1) is 0 Å². The fourth-order valence-corrected chi connectivity index (χ4v) is 9.75. The highest BCUT2D eigenvalue weighted by Gasteiger charge is 2.45. The maximum atomic E-state index is 4.91. The average molecular weight is 823 g/mol. The van der Waals surface area contributed by atoms with Gasteiger partial charge in [0.1, 0.15) is 6.33 Å². The molecule has 0 radical (unpaired) electrons. The van der Waals surface area contributed by atoms with E-state index in [-0.39, 0.29) is 28.4 Å². The summed E-state index contributed by atoms with van der Waals surface area (Å²) in [4.78, 5) is 14.5. The second kappa shape index (κ2) is 14.2. The number of aromatic nitrogens is 2. The fraction of sp³-hybridized carbons (Fsp3) is 0.276. The monoisotopic (exact) mass is 822 g/mol. The minimum Gasteiger partial charge on any atom is -0.311 e. The third-order valence-electron chi connectivity index (χ3n) is 13.5. The maximum absolute atomic E-state index is 4.91. The molecule has 63 heavy (non-hydrogen) atoms. The van der Waals surface area contributed by atoms with E-state index in [1.54, 1.807) is 6.33 Å². The number of hydrogen-bond acceptors (Lipinski definition) is 4. The van der Waals surface area contributed by atoms with Crippen LogP contribution in [0.1, 0.15) is 105 Å². The van der Waals surface area contributed by atoms with Crippen molar-refractivity contribution in [2.45, 2.75) is 105 Å². The summed E-state index contributed by atoms with van der Waals surface area (Å²) in [6, 6.07) is 49.1. The van der Waals surface area contributed by atoms with Crippen molar-refractivity contribution in [1.29, 1.82) is 0 Å². The molecular weight excluding hydrogens is 763 g/mol. The molecule has 1 aromatic heterocycles. The van der Waals surface area contributed by atoms with Crippen molar-refractivity contribution in [3.05, 3.63) is 162 Å². The standard InChI is InChI=1S/C58H59BN4/c1-55(2,3)41-29-42(56(4,5)6)32-45(31-41)62-50-25-38-19-15-13-17-36(38)23-47(50)59-48-24-37-18-14-16-20-39(37)26-51(48)63(46-33-43(57(7,8)9)30-44(34-46)58(10,11)12)53-28-40(27-52(62)54(53)59)49-21-22-60-35-61-49/h13-35H,1-12H3. The van der Waals surface area contributed by atoms with E-state index in [2.05, 4.69) is 219 Å². The first-order valence-electron chi connectivity index (χ1n) is 22.7. The highest BCUT2D eigenvalue weighted by Crippen LogP contribution is 2.49. The van der Waals surface area contributed by atoms with E-state index in [1.165, 1.54) is 94.3 Å². The van der Waals surface area contributed by atoms with E-state index in [4.69, 9.17) is 4.98 Å². The summed E-state index contributed by atoms with van der Waals surface area (Å²) in [7, 11) is 0. The molecule has 3 heterocycles. The highest BCUT2D eigenvalue weighted by atomic mass is 15.2. The summed E-state index contributed by atoms with van der Waals surface area (Å²) in [5.41, 5.74) is 18.0. The van der Waals surface area contributed by atoms with E-state index in [1.807, 2.05) is 12.3 Å². The van der Waals surface area contributed by atoms with Gasteiger partial charge in [-0.25, -0.2) is 9.97 Å². The van der Waals surface area contributed by atoms with Gasteiger partial charge in [0.15, 0.2) is 0 Å². The Morgan fingerprint density at radius 2 is 0.794 bits per heavy atom. The number of hydrogen-bond donors (Lipinski definition) is 0. The number of rotatable bonds is 3. The van der Waals surface area contributed by atoms with Crippen LogP contribution in [-0.2, 0) is 21.7 Å². The largest absolute Gasteiger partial charge is 0.311 e. The van der Waals surface area contributed by atoms with Gasteiger partial charge in [0.2, 0.25) is 0 Å². The lowest BCUT2D eigenvalue weighted by molar-refractivity contribution is 0.568. The van der Waals surface area contributed by atoms with Gasteiger partial charge in [0, 0.05) is 45.9 Å². The number of benzene rings is 7. The molecule has 0 saturated carbocycles. The van der Waals surface area contributed by atoms with Crippen LogP contribution in [0.25, 0.3) is 32.8 Å². The lowest BCUT2D eigenvalue weighted by atomic mass is 9.33. The number of fused-ring (bicyclic) bond motifs is 6. The number of anilines is 6. The smallest absolute Gasteiger partial charge is 0.252 e. The first kappa shape index (κ1) is 40.9. The molecule has 0 fully saturated rings. The van der Waals surface area contributed by atoms with Gasteiger partial charge in [-0.2, -0.15) is 0 Å². The van der Waals surface area contributed by atoms with Gasteiger partial charge in [-0.05, 0) is 136 Å². The third-order valence-corrected chi connectivity index (χ3v) is 13.5. The lowest BCUT2D eigenvalue weighted by Crippen LogP contribution is -2.61. The zero-order valence-corrected chi connectivity index (χ0v) is 39.1. The Bertz CT molecular complexity index is 2870. The highest BCUT2D eigenvalue weighted by molar-refractivity contribution is 7.00. The third kappa shape index (κ3) is 7.01. The molecule has 0 atom stereocenters. The molecule has 0 aliphatic carbocycles. The van der Waals surface area contributed by atoms with Gasteiger partial charge < -0.3 is 9.80 Å². The Labute approximate surface area is 375 Å². The zero-order chi connectivity index (χ0) is 44.4. The van der Waals surface area contributed by atoms with Crippen molar-refractivity contribution in [2.75, 3.05) is 9.80 Å². The molecule has 314 valence electrons. The van der Waals surface area contributed by atoms with E-state index in [0.29, 0.717) is 0 Å². The number of nitrogens with zero attached hydrogens (tertiary/aromatic N) is 4. The van der Waals surface area contributed by atoms with Gasteiger partial charge in [0.05, 0.1) is 5.69 Å². The van der Waals surface area contributed by atoms with E-state index < -0.39 is 0 Å². The molecule has 0 saturated heterocycles. The second-order valence-electron chi connectivity index (χ2n) is 22.2. The van der Waals surface area contributed by atoms with E-state index in [0.717, 1.165) is 11.3 Å². The maximum Gasteiger partial charge on any atom is 0.252 e. The van der Waals surface area contributed by atoms with Crippen molar-refractivity contribution in [3.8, 4) is 11.3 Å². The van der Waals surface area contributed by atoms with Gasteiger partial charge in [-0.3, -0.25) is 0 Å². The molecule has 10 rings (SSSR count). The van der Waals surface area contributed by atoms with Gasteiger partial charge >= 0.3 is 0 Å². The van der Waals surface area contributed by atoms with Crippen molar-refractivity contribution in [2.24, 2.45) is 0 Å². The average Bonchev–Trinajstić information content (AvgIpc) is 3.23. The van der Waals surface area contributed by atoms with Crippen LogP contribution in [0.15, 0.2) is 140 Å². The van der Waals surface area contributed by atoms with Crippen LogP contribution in [0.4, 0.5) is 34.1 Å². The quantitative estimate of drug-likeness (QED) is 0.166. The first-order chi connectivity index (χ1) is 29.7. The SMILES string of the molecule is CC(C)(C)c1cc(N2c3cc4ccccc4cc3B3c4cc5ccccc5cc4N(c4cc(C(C)(C)C)cc(C(C)(C)C)c4)c4cc(-c5ccncn5)cc2c43)cc(C(C)(C)C)c1. The molecule has 8 aromatic rings. The molecule has 0 amide bonds.